The Morgan fingerprint density at radius 1 is 1.13 bits per heavy atom. The number of terminal acetylenes is 1. The molecule has 0 spiro atoms. The van der Waals surface area contributed by atoms with Crippen LogP contribution in [-0.4, -0.2) is 72.6 Å². The Morgan fingerprint density at radius 3 is 2.32 bits per heavy atom. The van der Waals surface area contributed by atoms with Gasteiger partial charge in [-0.3, -0.25) is 14.4 Å². The lowest BCUT2D eigenvalue weighted by molar-refractivity contribution is -0.144. The maximum absolute atomic E-state index is 14.0. The molecule has 1 aromatic carbocycles. The number of carbonyl (C=O) groups is 4. The average Bonchev–Trinajstić information content (AvgIpc) is 2.87. The average molecular weight is 548 g/mol. The smallest absolute Gasteiger partial charge is 0.408 e. The molecular formula is C28H41N3O6S. The van der Waals surface area contributed by atoms with E-state index in [9.17, 15) is 19.2 Å². The second-order valence-electron chi connectivity index (χ2n) is 9.68. The van der Waals surface area contributed by atoms with Crippen LogP contribution in [0, 0.1) is 12.3 Å². The summed E-state index contributed by atoms with van der Waals surface area (Å²) in [5, 5.41) is 5.28. The lowest BCUT2D eigenvalue weighted by Crippen LogP contribution is -2.53. The monoisotopic (exact) mass is 547 g/mol. The van der Waals surface area contributed by atoms with Crippen LogP contribution in [0.25, 0.3) is 0 Å². The van der Waals surface area contributed by atoms with Crippen molar-refractivity contribution in [2.75, 3.05) is 32.2 Å². The van der Waals surface area contributed by atoms with Gasteiger partial charge in [-0.15, -0.1) is 6.42 Å². The first-order valence-electron chi connectivity index (χ1n) is 12.7. The summed E-state index contributed by atoms with van der Waals surface area (Å²) in [6.07, 6.45) is 9.43. The number of hydrogen-bond donors (Lipinski definition) is 2. The summed E-state index contributed by atoms with van der Waals surface area (Å²) in [6.45, 7) is 7.18. The molecule has 0 bridgehead atoms. The van der Waals surface area contributed by atoms with Crippen LogP contribution in [0.3, 0.4) is 0 Å². The van der Waals surface area contributed by atoms with Gasteiger partial charge in [-0.2, -0.15) is 11.8 Å². The molecular weight excluding hydrogens is 506 g/mol. The standard InChI is InChI=1S/C28H41N3O6S/c1-8-10-11-17-31(26(34)22(16-18-38-7)30-27(35)37-28(3,4)5)24(25(33)29-19-23(32)36-6)21-14-12-20(9-2)13-15-21/h2,12-15,22,24H,8,10-11,16-19H2,1,3-7H3,(H,29,33)(H,30,35). The number of methoxy groups -OCH3 is 1. The highest BCUT2D eigenvalue weighted by atomic mass is 32.2. The topological polar surface area (TPSA) is 114 Å². The zero-order valence-corrected chi connectivity index (χ0v) is 24.1. The second-order valence-corrected chi connectivity index (χ2v) is 10.7. The lowest BCUT2D eigenvalue weighted by atomic mass is 10.00. The first kappa shape index (κ1) is 32.8. The molecule has 0 aromatic heterocycles. The quantitative estimate of drug-likeness (QED) is 0.208. The molecule has 2 unspecified atom stereocenters. The van der Waals surface area contributed by atoms with Gasteiger partial charge in [-0.1, -0.05) is 37.8 Å². The van der Waals surface area contributed by atoms with Crippen molar-refractivity contribution in [3.63, 3.8) is 0 Å². The van der Waals surface area contributed by atoms with Gasteiger partial charge < -0.3 is 25.0 Å². The van der Waals surface area contributed by atoms with E-state index in [-0.39, 0.29) is 13.1 Å². The van der Waals surface area contributed by atoms with Crippen LogP contribution in [-0.2, 0) is 23.9 Å². The zero-order valence-electron chi connectivity index (χ0n) is 23.3. The van der Waals surface area contributed by atoms with Crippen molar-refractivity contribution in [1.82, 2.24) is 15.5 Å². The van der Waals surface area contributed by atoms with E-state index in [0.717, 1.165) is 12.8 Å². The van der Waals surface area contributed by atoms with E-state index in [4.69, 9.17) is 11.2 Å². The minimum absolute atomic E-state index is 0.269. The van der Waals surface area contributed by atoms with Gasteiger partial charge in [0.2, 0.25) is 11.8 Å². The molecule has 38 heavy (non-hydrogen) atoms. The van der Waals surface area contributed by atoms with E-state index >= 15 is 0 Å². The number of carbonyl (C=O) groups excluding carboxylic acids is 4. The number of amides is 3. The Hall–Kier alpha value is -3.19. The van der Waals surface area contributed by atoms with Gasteiger partial charge in [0, 0.05) is 12.1 Å². The third-order valence-corrected chi connectivity index (χ3v) is 6.12. The predicted molar refractivity (Wildman–Crippen MR) is 150 cm³/mol. The normalized spacial score (nSPS) is 12.4. The number of benzene rings is 1. The maximum Gasteiger partial charge on any atom is 0.408 e. The summed E-state index contributed by atoms with van der Waals surface area (Å²) in [5.41, 5.74) is 0.403. The van der Waals surface area contributed by atoms with Gasteiger partial charge in [0.1, 0.15) is 24.2 Å². The summed E-state index contributed by atoms with van der Waals surface area (Å²) < 4.78 is 10.0. The largest absolute Gasteiger partial charge is 0.468 e. The lowest BCUT2D eigenvalue weighted by Gasteiger charge is -2.34. The molecule has 0 heterocycles. The Bertz CT molecular complexity index is 968. The molecule has 210 valence electrons. The second kappa shape index (κ2) is 16.6. The number of nitrogens with zero attached hydrogens (tertiary/aromatic N) is 1. The summed E-state index contributed by atoms with van der Waals surface area (Å²) in [5.74, 6) is 1.56. The molecule has 1 aromatic rings. The summed E-state index contributed by atoms with van der Waals surface area (Å²) in [4.78, 5) is 53.3. The van der Waals surface area contributed by atoms with E-state index in [1.807, 2.05) is 13.2 Å². The number of alkyl carbamates (subject to hydrolysis) is 1. The van der Waals surface area contributed by atoms with E-state index in [0.29, 0.717) is 29.7 Å². The Kier molecular flexibility index (Phi) is 14.4. The molecule has 0 saturated carbocycles. The summed E-state index contributed by atoms with van der Waals surface area (Å²) >= 11 is 1.54. The summed E-state index contributed by atoms with van der Waals surface area (Å²) in [7, 11) is 1.23. The molecule has 0 fully saturated rings. The van der Waals surface area contributed by atoms with Crippen molar-refractivity contribution in [1.29, 1.82) is 0 Å². The van der Waals surface area contributed by atoms with Crippen LogP contribution in [0.4, 0.5) is 4.79 Å². The van der Waals surface area contributed by atoms with E-state index < -0.39 is 41.6 Å². The molecule has 0 aliphatic heterocycles. The van der Waals surface area contributed by atoms with Crippen LogP contribution in [0.15, 0.2) is 24.3 Å². The van der Waals surface area contributed by atoms with E-state index in [2.05, 4.69) is 21.3 Å². The van der Waals surface area contributed by atoms with Crippen LogP contribution in [0.5, 0.6) is 0 Å². The van der Waals surface area contributed by atoms with Gasteiger partial charge in [-0.25, -0.2) is 4.79 Å². The fourth-order valence-corrected chi connectivity index (χ4v) is 4.08. The number of rotatable bonds is 14. The molecule has 1 rings (SSSR count). The van der Waals surface area contributed by atoms with Crippen molar-refractivity contribution in [3.05, 3.63) is 35.4 Å². The number of esters is 1. The molecule has 2 N–H and O–H groups in total. The number of unbranched alkanes of at least 4 members (excludes halogenated alkanes) is 2. The predicted octanol–water partition coefficient (Wildman–Crippen LogP) is 3.66. The number of hydrogen-bond acceptors (Lipinski definition) is 7. The number of nitrogens with one attached hydrogen (secondary N) is 2. The van der Waals surface area contributed by atoms with Gasteiger partial charge in [-0.05, 0) is 63.3 Å². The highest BCUT2D eigenvalue weighted by molar-refractivity contribution is 7.98. The van der Waals surface area contributed by atoms with Crippen LogP contribution in [0.2, 0.25) is 0 Å². The molecule has 10 heteroatoms. The number of ether oxygens (including phenoxy) is 2. The van der Waals surface area contributed by atoms with E-state index in [1.165, 1.54) is 23.8 Å². The molecule has 9 nitrogen and oxygen atoms in total. The van der Waals surface area contributed by atoms with Gasteiger partial charge in [0.25, 0.3) is 0 Å². The third-order valence-electron chi connectivity index (χ3n) is 5.47. The Morgan fingerprint density at radius 2 is 1.79 bits per heavy atom. The molecule has 0 saturated heterocycles. The van der Waals surface area contributed by atoms with Gasteiger partial charge in [0.05, 0.1) is 7.11 Å². The van der Waals surface area contributed by atoms with Crippen LogP contribution in [0.1, 0.15) is 70.5 Å². The maximum atomic E-state index is 14.0. The number of thioether (sulfide) groups is 1. The minimum Gasteiger partial charge on any atom is -0.468 e. The minimum atomic E-state index is -1.06. The Labute approximate surface area is 230 Å². The molecule has 0 radical (unpaired) electrons. The fourth-order valence-electron chi connectivity index (χ4n) is 3.60. The van der Waals surface area contributed by atoms with Crippen molar-refractivity contribution >= 4 is 35.6 Å². The molecule has 2 atom stereocenters. The fraction of sp³-hybridized carbons (Fsp3) is 0.571. The zero-order chi connectivity index (χ0) is 28.7. The van der Waals surface area contributed by atoms with Crippen LogP contribution < -0.4 is 10.6 Å². The highest BCUT2D eigenvalue weighted by Crippen LogP contribution is 2.25. The van der Waals surface area contributed by atoms with Crippen molar-refractivity contribution < 1.29 is 28.7 Å². The third kappa shape index (κ3) is 11.5. The molecule has 0 aliphatic carbocycles. The van der Waals surface area contributed by atoms with Crippen molar-refractivity contribution in [3.8, 4) is 12.3 Å². The van der Waals surface area contributed by atoms with Gasteiger partial charge in [0.15, 0.2) is 0 Å². The van der Waals surface area contributed by atoms with Crippen molar-refractivity contribution in [2.45, 2.75) is 71.1 Å². The summed E-state index contributed by atoms with van der Waals surface area (Å²) in [6, 6.07) is 4.78. The highest BCUT2D eigenvalue weighted by Gasteiger charge is 2.36. The molecule has 0 aliphatic rings. The van der Waals surface area contributed by atoms with Crippen molar-refractivity contribution in [2.24, 2.45) is 0 Å². The van der Waals surface area contributed by atoms with Crippen LogP contribution >= 0.6 is 11.8 Å². The molecule has 3 amide bonds. The SMILES string of the molecule is C#Cc1ccc(C(C(=O)NCC(=O)OC)N(CCCCC)C(=O)C(CCSC)NC(=O)OC(C)(C)C)cc1. The van der Waals surface area contributed by atoms with Gasteiger partial charge >= 0.3 is 12.1 Å². The Balaban J connectivity index is 3.48. The first-order chi connectivity index (χ1) is 18.0. The van der Waals surface area contributed by atoms with E-state index in [1.54, 1.807) is 45.0 Å². The first-order valence-corrected chi connectivity index (χ1v) is 14.1.